The van der Waals surface area contributed by atoms with Crippen LogP contribution >= 0.6 is 0 Å². The quantitative estimate of drug-likeness (QED) is 0.563. The van der Waals surface area contributed by atoms with Gasteiger partial charge in [0.15, 0.2) is 6.61 Å². The van der Waals surface area contributed by atoms with E-state index in [4.69, 9.17) is 0 Å². The molecule has 0 saturated heterocycles. The van der Waals surface area contributed by atoms with Crippen LogP contribution in [0.2, 0.25) is 0 Å². The van der Waals surface area contributed by atoms with Crippen LogP contribution in [0, 0.1) is 13.8 Å². The lowest BCUT2D eigenvalue weighted by Gasteiger charge is -2.09. The van der Waals surface area contributed by atoms with Crippen molar-refractivity contribution in [3.63, 3.8) is 0 Å². The number of ether oxygens (including phenoxy) is 2. The summed E-state index contributed by atoms with van der Waals surface area (Å²) in [5, 5.41) is 2.19. The van der Waals surface area contributed by atoms with Crippen molar-refractivity contribution in [2.75, 3.05) is 26.3 Å². The summed E-state index contributed by atoms with van der Waals surface area (Å²) in [5.74, 6) is -2.26. The lowest BCUT2D eigenvalue weighted by Crippen LogP contribution is -2.39. The van der Waals surface area contributed by atoms with Crippen molar-refractivity contribution in [3.05, 3.63) is 29.3 Å². The summed E-state index contributed by atoms with van der Waals surface area (Å²) < 4.78 is 35.6. The Kier molecular flexibility index (Phi) is 8.20. The number of sulfonamides is 1. The molecule has 1 amide bonds. The molecule has 0 saturated carbocycles. The van der Waals surface area contributed by atoms with E-state index in [2.05, 4.69) is 19.5 Å². The van der Waals surface area contributed by atoms with Crippen LogP contribution < -0.4 is 10.0 Å². The van der Waals surface area contributed by atoms with E-state index in [1.165, 1.54) is 12.1 Å². The number of amides is 1. The molecule has 0 aromatic heterocycles. The van der Waals surface area contributed by atoms with E-state index in [1.807, 2.05) is 6.92 Å². The van der Waals surface area contributed by atoms with Crippen molar-refractivity contribution in [3.8, 4) is 0 Å². The highest BCUT2D eigenvalue weighted by Gasteiger charge is 2.17. The van der Waals surface area contributed by atoms with Gasteiger partial charge in [-0.3, -0.25) is 9.59 Å². The van der Waals surface area contributed by atoms with Gasteiger partial charge in [0.25, 0.3) is 0 Å². The zero-order chi connectivity index (χ0) is 19.7. The molecule has 2 N–H and O–H groups in total. The predicted octanol–water partition coefficient (Wildman–Crippen LogP) is -0.196. The van der Waals surface area contributed by atoms with Crippen LogP contribution in [0.3, 0.4) is 0 Å². The van der Waals surface area contributed by atoms with E-state index >= 15 is 0 Å². The van der Waals surface area contributed by atoms with Gasteiger partial charge in [-0.05, 0) is 44.0 Å². The molecule has 9 nitrogen and oxygen atoms in total. The summed E-state index contributed by atoms with van der Waals surface area (Å²) >= 11 is 0. The van der Waals surface area contributed by atoms with E-state index in [1.54, 1.807) is 19.9 Å². The zero-order valence-electron chi connectivity index (χ0n) is 14.8. The molecule has 0 heterocycles. The van der Waals surface area contributed by atoms with Gasteiger partial charge in [0, 0.05) is 0 Å². The SMILES string of the molecule is CCOC(=O)COC(=O)CNC(=O)CNS(=O)(=O)c1ccc(C)c(C)c1. The number of nitrogens with one attached hydrogen (secondary N) is 2. The molecule has 0 bridgehead atoms. The summed E-state index contributed by atoms with van der Waals surface area (Å²) in [6, 6.07) is 4.61. The molecule has 1 aromatic rings. The molecule has 0 fully saturated rings. The smallest absolute Gasteiger partial charge is 0.344 e. The summed E-state index contributed by atoms with van der Waals surface area (Å²) in [6.45, 7) is 3.81. The molecule has 0 unspecified atom stereocenters. The monoisotopic (exact) mass is 386 g/mol. The molecular weight excluding hydrogens is 364 g/mol. The van der Waals surface area contributed by atoms with E-state index in [0.717, 1.165) is 11.1 Å². The second-order valence-electron chi connectivity index (χ2n) is 5.31. The molecule has 0 aliphatic heterocycles. The van der Waals surface area contributed by atoms with Crippen molar-refractivity contribution >= 4 is 27.9 Å². The van der Waals surface area contributed by atoms with Gasteiger partial charge in [0.1, 0.15) is 6.54 Å². The van der Waals surface area contributed by atoms with Gasteiger partial charge in [-0.15, -0.1) is 0 Å². The van der Waals surface area contributed by atoms with Gasteiger partial charge in [-0.1, -0.05) is 6.07 Å². The molecule has 0 radical (unpaired) electrons. The molecule has 0 aliphatic rings. The predicted molar refractivity (Wildman–Crippen MR) is 91.7 cm³/mol. The van der Waals surface area contributed by atoms with Crippen molar-refractivity contribution in [1.29, 1.82) is 0 Å². The Hall–Kier alpha value is -2.46. The van der Waals surface area contributed by atoms with Crippen LogP contribution in [-0.2, 0) is 33.9 Å². The van der Waals surface area contributed by atoms with Crippen LogP contribution in [0.25, 0.3) is 0 Å². The Bertz CT molecular complexity index is 775. The number of rotatable bonds is 9. The van der Waals surface area contributed by atoms with Crippen LogP contribution in [0.4, 0.5) is 0 Å². The molecule has 144 valence electrons. The molecule has 0 aliphatic carbocycles. The van der Waals surface area contributed by atoms with Crippen LogP contribution in [0.5, 0.6) is 0 Å². The van der Waals surface area contributed by atoms with Gasteiger partial charge in [0.05, 0.1) is 18.0 Å². The fourth-order valence-corrected chi connectivity index (χ4v) is 2.82. The lowest BCUT2D eigenvalue weighted by molar-refractivity contribution is -0.158. The molecular formula is C16H22N2O7S. The third kappa shape index (κ3) is 7.19. The van der Waals surface area contributed by atoms with Crippen molar-refractivity contribution < 1.29 is 32.3 Å². The van der Waals surface area contributed by atoms with E-state index in [0.29, 0.717) is 0 Å². The minimum absolute atomic E-state index is 0.0437. The van der Waals surface area contributed by atoms with Gasteiger partial charge in [0.2, 0.25) is 15.9 Å². The number of hydrogen-bond acceptors (Lipinski definition) is 7. The zero-order valence-corrected chi connectivity index (χ0v) is 15.6. The van der Waals surface area contributed by atoms with Crippen LogP contribution in [-0.4, -0.2) is 52.6 Å². The standard InChI is InChI=1S/C16H22N2O7S/c1-4-24-16(21)10-25-15(20)9-17-14(19)8-18-26(22,23)13-6-5-11(2)12(3)7-13/h5-7,18H,4,8-10H2,1-3H3,(H,17,19). The first-order chi connectivity index (χ1) is 12.2. The Morgan fingerprint density at radius 3 is 2.31 bits per heavy atom. The Morgan fingerprint density at radius 2 is 1.69 bits per heavy atom. The summed E-state index contributed by atoms with van der Waals surface area (Å²) in [4.78, 5) is 34.1. The van der Waals surface area contributed by atoms with Gasteiger partial charge in [-0.25, -0.2) is 17.9 Å². The summed E-state index contributed by atoms with van der Waals surface area (Å²) in [7, 11) is -3.85. The highest BCUT2D eigenvalue weighted by molar-refractivity contribution is 7.89. The molecule has 0 atom stereocenters. The molecule has 26 heavy (non-hydrogen) atoms. The third-order valence-corrected chi connectivity index (χ3v) is 4.70. The molecule has 1 rings (SSSR count). The second kappa shape index (κ2) is 9.88. The first kappa shape index (κ1) is 21.6. The first-order valence-corrected chi connectivity index (χ1v) is 9.29. The summed E-state index contributed by atoms with van der Waals surface area (Å²) in [6.07, 6.45) is 0. The molecule has 10 heteroatoms. The van der Waals surface area contributed by atoms with Crippen LogP contribution in [0.1, 0.15) is 18.1 Å². The number of aryl methyl sites for hydroxylation is 2. The lowest BCUT2D eigenvalue weighted by atomic mass is 10.1. The van der Waals surface area contributed by atoms with Crippen molar-refractivity contribution in [1.82, 2.24) is 10.0 Å². The number of carbonyl (C=O) groups is 3. The number of benzene rings is 1. The van der Waals surface area contributed by atoms with Crippen molar-refractivity contribution in [2.45, 2.75) is 25.7 Å². The minimum atomic E-state index is -3.85. The Labute approximate surface area is 152 Å². The normalized spacial score (nSPS) is 10.9. The fourth-order valence-electron chi connectivity index (χ4n) is 1.75. The van der Waals surface area contributed by atoms with E-state index in [9.17, 15) is 22.8 Å². The van der Waals surface area contributed by atoms with Crippen LogP contribution in [0.15, 0.2) is 23.1 Å². The Morgan fingerprint density at radius 1 is 1.00 bits per heavy atom. The maximum atomic E-state index is 12.1. The van der Waals surface area contributed by atoms with Gasteiger partial charge in [-0.2, -0.15) is 0 Å². The molecule has 0 spiro atoms. The number of carbonyl (C=O) groups excluding carboxylic acids is 3. The Balaban J connectivity index is 2.42. The maximum Gasteiger partial charge on any atom is 0.344 e. The highest BCUT2D eigenvalue weighted by atomic mass is 32.2. The van der Waals surface area contributed by atoms with E-state index < -0.39 is 47.6 Å². The van der Waals surface area contributed by atoms with Gasteiger partial charge >= 0.3 is 11.9 Å². The van der Waals surface area contributed by atoms with Crippen molar-refractivity contribution in [2.24, 2.45) is 0 Å². The average molecular weight is 386 g/mol. The second-order valence-corrected chi connectivity index (χ2v) is 7.08. The molecule has 1 aromatic carbocycles. The summed E-state index contributed by atoms with van der Waals surface area (Å²) in [5.41, 5.74) is 1.75. The number of esters is 2. The third-order valence-electron chi connectivity index (χ3n) is 3.30. The average Bonchev–Trinajstić information content (AvgIpc) is 2.59. The maximum absolute atomic E-state index is 12.1. The topological polar surface area (TPSA) is 128 Å². The first-order valence-electron chi connectivity index (χ1n) is 7.80. The highest BCUT2D eigenvalue weighted by Crippen LogP contribution is 2.14. The fraction of sp³-hybridized carbons (Fsp3) is 0.438. The van der Waals surface area contributed by atoms with E-state index in [-0.39, 0.29) is 11.5 Å². The largest absolute Gasteiger partial charge is 0.463 e. The van der Waals surface area contributed by atoms with Gasteiger partial charge < -0.3 is 14.8 Å². The minimum Gasteiger partial charge on any atom is -0.463 e. The number of hydrogen-bond donors (Lipinski definition) is 2.